The van der Waals surface area contributed by atoms with E-state index in [4.69, 9.17) is 11.6 Å². The molecule has 1 saturated heterocycles. The lowest BCUT2D eigenvalue weighted by Crippen LogP contribution is -2.53. The molecular formula is C24H21ClF3N7O4. The van der Waals surface area contributed by atoms with Crippen LogP contribution in [0.3, 0.4) is 0 Å². The molecule has 1 aliphatic rings. The number of hydrogen-bond acceptors (Lipinski definition) is 7. The number of aliphatic hydroxyl groups excluding tert-OH is 2. The molecule has 1 atom stereocenters. The zero-order valence-electron chi connectivity index (χ0n) is 20.0. The minimum atomic E-state index is -4.95. The molecule has 2 aromatic heterocycles. The normalized spacial score (nSPS) is 14.9. The first-order valence-corrected chi connectivity index (χ1v) is 12.0. The first kappa shape index (κ1) is 26.6. The molecule has 4 aromatic rings. The Kier molecular flexibility index (Phi) is 7.01. The van der Waals surface area contributed by atoms with E-state index in [-0.39, 0.29) is 37.2 Å². The van der Waals surface area contributed by atoms with Gasteiger partial charge in [-0.2, -0.15) is 13.2 Å². The van der Waals surface area contributed by atoms with Gasteiger partial charge in [-0.1, -0.05) is 23.7 Å². The predicted octanol–water partition coefficient (Wildman–Crippen LogP) is 1.73. The number of hydrogen-bond donors (Lipinski definition) is 2. The predicted molar refractivity (Wildman–Crippen MR) is 131 cm³/mol. The molecule has 0 aliphatic carbocycles. The van der Waals surface area contributed by atoms with Crippen LogP contribution in [0.25, 0.3) is 17.1 Å². The van der Waals surface area contributed by atoms with E-state index in [2.05, 4.69) is 15.2 Å². The third-order valence-corrected chi connectivity index (χ3v) is 6.37. The van der Waals surface area contributed by atoms with E-state index in [1.54, 1.807) is 24.3 Å². The van der Waals surface area contributed by atoms with Gasteiger partial charge in [0, 0.05) is 23.7 Å². The summed E-state index contributed by atoms with van der Waals surface area (Å²) in [6.07, 6.45) is -6.97. The molecule has 1 amide bonds. The van der Waals surface area contributed by atoms with Gasteiger partial charge in [0.2, 0.25) is 0 Å². The van der Waals surface area contributed by atoms with Crippen molar-refractivity contribution in [1.82, 2.24) is 34.0 Å². The van der Waals surface area contributed by atoms with Crippen molar-refractivity contribution >= 4 is 17.5 Å². The number of aliphatic hydroxyl groups is 2. The molecule has 0 bridgehead atoms. The molecule has 204 valence electrons. The average molecular weight is 564 g/mol. The van der Waals surface area contributed by atoms with Crippen molar-refractivity contribution in [3.8, 4) is 17.1 Å². The zero-order valence-corrected chi connectivity index (χ0v) is 20.8. The zero-order chi connectivity index (χ0) is 27.9. The van der Waals surface area contributed by atoms with Crippen molar-refractivity contribution < 1.29 is 28.2 Å². The van der Waals surface area contributed by atoms with Crippen molar-refractivity contribution in [2.45, 2.75) is 31.5 Å². The summed E-state index contributed by atoms with van der Waals surface area (Å²) in [6, 6.07) is 12.6. The molecule has 1 fully saturated rings. The Balaban J connectivity index is 1.45. The Bertz CT molecular complexity index is 1560. The van der Waals surface area contributed by atoms with Gasteiger partial charge in [-0.3, -0.25) is 9.36 Å². The molecule has 39 heavy (non-hydrogen) atoms. The summed E-state index contributed by atoms with van der Waals surface area (Å²) in [5, 5.41) is 28.1. The van der Waals surface area contributed by atoms with Crippen LogP contribution in [0.15, 0.2) is 59.7 Å². The molecule has 2 aromatic carbocycles. The number of halogens is 4. The fourth-order valence-corrected chi connectivity index (χ4v) is 4.19. The number of benzene rings is 2. The Labute approximate surface area is 223 Å². The molecule has 1 unspecified atom stereocenters. The number of rotatable bonds is 7. The van der Waals surface area contributed by atoms with Gasteiger partial charge in [0.05, 0.1) is 23.9 Å². The van der Waals surface area contributed by atoms with Gasteiger partial charge < -0.3 is 15.1 Å². The van der Waals surface area contributed by atoms with E-state index >= 15 is 0 Å². The second kappa shape index (κ2) is 10.3. The summed E-state index contributed by atoms with van der Waals surface area (Å²) >= 11 is 5.91. The summed E-state index contributed by atoms with van der Waals surface area (Å²) in [4.78, 5) is 31.6. The fraction of sp³-hybridized carbons (Fsp3) is 0.292. The molecular weight excluding hydrogens is 543 g/mol. The highest BCUT2D eigenvalue weighted by molar-refractivity contribution is 6.30. The molecule has 0 spiro atoms. The van der Waals surface area contributed by atoms with E-state index < -0.39 is 30.6 Å². The van der Waals surface area contributed by atoms with Gasteiger partial charge in [0.25, 0.3) is 5.91 Å². The van der Waals surface area contributed by atoms with Gasteiger partial charge in [0.15, 0.2) is 17.8 Å². The number of carbonyl (C=O) groups is 1. The minimum Gasteiger partial charge on any atom is -0.389 e. The van der Waals surface area contributed by atoms with Crippen molar-refractivity contribution in [2.75, 3.05) is 13.1 Å². The smallest absolute Gasteiger partial charge is 0.389 e. The van der Waals surface area contributed by atoms with E-state index in [1.165, 1.54) is 40.2 Å². The van der Waals surface area contributed by atoms with E-state index in [1.807, 2.05) is 0 Å². The van der Waals surface area contributed by atoms with Crippen LogP contribution in [0.5, 0.6) is 0 Å². The number of amides is 1. The van der Waals surface area contributed by atoms with E-state index in [0.717, 1.165) is 9.25 Å². The first-order valence-electron chi connectivity index (χ1n) is 11.7. The maximum absolute atomic E-state index is 13.1. The molecule has 15 heteroatoms. The maximum atomic E-state index is 13.1. The van der Waals surface area contributed by atoms with Crippen LogP contribution in [0.4, 0.5) is 13.2 Å². The third-order valence-electron chi connectivity index (χ3n) is 6.12. The molecule has 5 rings (SSSR count). The number of para-hydroxylation sites is 1. The van der Waals surface area contributed by atoms with Crippen LogP contribution >= 0.6 is 11.6 Å². The van der Waals surface area contributed by atoms with E-state index in [9.17, 15) is 33.0 Å². The number of aromatic nitrogens is 6. The van der Waals surface area contributed by atoms with Crippen molar-refractivity contribution in [3.05, 3.63) is 81.8 Å². The van der Waals surface area contributed by atoms with Gasteiger partial charge in [0.1, 0.15) is 12.9 Å². The molecule has 3 heterocycles. The average Bonchev–Trinajstić information content (AvgIpc) is 3.47. The van der Waals surface area contributed by atoms with Gasteiger partial charge in [-0.05, 0) is 36.4 Å². The monoisotopic (exact) mass is 563 g/mol. The Hall–Kier alpha value is -4.01. The Morgan fingerprint density at radius 2 is 1.79 bits per heavy atom. The number of likely N-dealkylation sites (tertiary alicyclic amines) is 1. The van der Waals surface area contributed by atoms with Crippen LogP contribution in [0.1, 0.15) is 16.2 Å². The number of nitrogens with zero attached hydrogens (tertiary/aromatic N) is 7. The van der Waals surface area contributed by atoms with Crippen molar-refractivity contribution in [3.63, 3.8) is 0 Å². The van der Waals surface area contributed by atoms with Crippen LogP contribution < -0.4 is 5.69 Å². The third kappa shape index (κ3) is 5.44. The topological polar surface area (TPSA) is 131 Å². The second-order valence-corrected chi connectivity index (χ2v) is 9.36. The van der Waals surface area contributed by atoms with Crippen LogP contribution in [-0.2, 0) is 13.1 Å². The Morgan fingerprint density at radius 3 is 2.46 bits per heavy atom. The minimum absolute atomic E-state index is 0.0994. The maximum Gasteiger partial charge on any atom is 0.416 e. The fourth-order valence-electron chi connectivity index (χ4n) is 4.06. The highest BCUT2D eigenvalue weighted by Crippen LogP contribution is 2.24. The van der Waals surface area contributed by atoms with E-state index in [0.29, 0.717) is 21.8 Å². The Morgan fingerprint density at radius 1 is 1.10 bits per heavy atom. The summed E-state index contributed by atoms with van der Waals surface area (Å²) in [5.74, 6) is -0.298. The lowest BCUT2D eigenvalue weighted by molar-refractivity contribution is -0.207. The highest BCUT2D eigenvalue weighted by atomic mass is 35.5. The second-order valence-electron chi connectivity index (χ2n) is 8.93. The molecule has 0 radical (unpaired) electrons. The van der Waals surface area contributed by atoms with Crippen molar-refractivity contribution in [1.29, 1.82) is 0 Å². The quantitative estimate of drug-likeness (QED) is 0.350. The SMILES string of the molecule is O=C(c1ccccc1-n1cnc(Cn2nc(-c3ccc(Cl)cc3)n(CC(O)C(F)(F)F)c2=O)n1)N1CC(O)C1. The summed E-state index contributed by atoms with van der Waals surface area (Å²) < 4.78 is 42.2. The first-order chi connectivity index (χ1) is 18.5. The number of alkyl halides is 3. The molecule has 0 saturated carbocycles. The lowest BCUT2D eigenvalue weighted by atomic mass is 10.1. The summed E-state index contributed by atoms with van der Waals surface area (Å²) in [5.41, 5.74) is 0.141. The molecule has 1 aliphatic heterocycles. The van der Waals surface area contributed by atoms with Crippen LogP contribution in [0, 0.1) is 0 Å². The van der Waals surface area contributed by atoms with Crippen LogP contribution in [0.2, 0.25) is 5.02 Å². The molecule has 2 N–H and O–H groups in total. The summed E-state index contributed by atoms with van der Waals surface area (Å²) in [7, 11) is 0. The van der Waals surface area contributed by atoms with Gasteiger partial charge in [-0.25, -0.2) is 19.1 Å². The number of carbonyl (C=O) groups excluding carboxylic acids is 1. The lowest BCUT2D eigenvalue weighted by Gasteiger charge is -2.36. The largest absolute Gasteiger partial charge is 0.416 e. The van der Waals surface area contributed by atoms with Crippen LogP contribution in [-0.4, -0.2) is 81.6 Å². The standard InChI is InChI=1S/C24H21ClF3N7O4/c25-15-7-5-14(6-8-15)21-31-34(23(39)33(21)11-19(37)24(26,27)28)12-20-29-13-35(30-20)18-4-2-1-3-17(18)22(38)32-9-16(36)10-32/h1-8,13,16,19,36-37H,9-12H2. The summed E-state index contributed by atoms with van der Waals surface area (Å²) in [6.45, 7) is -0.917. The molecule has 11 nitrogen and oxygen atoms in total. The van der Waals surface area contributed by atoms with Gasteiger partial charge in [-0.15, -0.1) is 10.2 Å². The van der Waals surface area contributed by atoms with Gasteiger partial charge >= 0.3 is 11.9 Å². The van der Waals surface area contributed by atoms with Crippen molar-refractivity contribution in [2.24, 2.45) is 0 Å². The number of β-amino-alcohol motifs (C(OH)–C–C–N with tert-alkyl or cyclic N) is 1. The highest BCUT2D eigenvalue weighted by Gasteiger charge is 2.39.